The number of carbonyl (C=O) groups is 1. The van der Waals surface area contributed by atoms with Crippen LogP contribution in [0.15, 0.2) is 52.0 Å². The fourth-order valence-electron chi connectivity index (χ4n) is 7.82. The standard InChI is InChI=1S/C29H39O5PS/c1-5-33-35(32,34-6-2)29(31)16-15-26-24-13-9-20-17-21(30)10-14-23(20)27(24)25(18-28(26,29)3)19-7-11-22(36-4)12-8-19/h7-8,11-12,17,24-26,31H,5-6,9-10,13-16,18H2,1-4H3/t24-,25+,26-,28-,29+/m0/s1. The molecule has 36 heavy (non-hydrogen) atoms. The van der Waals surface area contributed by atoms with E-state index >= 15 is 0 Å². The Labute approximate surface area is 219 Å². The normalized spacial score (nSPS) is 34.2. The van der Waals surface area contributed by atoms with E-state index in [4.69, 9.17) is 9.05 Å². The van der Waals surface area contributed by atoms with Gasteiger partial charge in [-0.1, -0.05) is 24.6 Å². The third-order valence-electron chi connectivity index (χ3n) is 9.41. The first-order chi connectivity index (χ1) is 17.2. The molecule has 4 aliphatic carbocycles. The van der Waals surface area contributed by atoms with Crippen LogP contribution >= 0.6 is 19.4 Å². The van der Waals surface area contributed by atoms with Crippen molar-refractivity contribution >= 4 is 25.1 Å². The molecule has 0 radical (unpaired) electrons. The summed E-state index contributed by atoms with van der Waals surface area (Å²) in [5, 5.41) is 10.8. The lowest BCUT2D eigenvalue weighted by molar-refractivity contribution is -0.114. The summed E-state index contributed by atoms with van der Waals surface area (Å²) in [5.41, 5.74) is 4.67. The fourth-order valence-corrected chi connectivity index (χ4v) is 10.7. The number of aliphatic hydroxyl groups is 1. The number of ketones is 1. The van der Waals surface area contributed by atoms with Crippen LogP contribution in [0.5, 0.6) is 0 Å². The smallest absolute Gasteiger partial charge is 0.362 e. The van der Waals surface area contributed by atoms with Gasteiger partial charge < -0.3 is 14.2 Å². The molecular weight excluding hydrogens is 491 g/mol. The molecule has 7 heteroatoms. The molecule has 0 aliphatic heterocycles. The largest absolute Gasteiger partial charge is 0.377 e. The zero-order valence-electron chi connectivity index (χ0n) is 21.9. The number of thioether (sulfide) groups is 1. The van der Waals surface area contributed by atoms with Crippen LogP contribution in [0.4, 0.5) is 0 Å². The average Bonchev–Trinajstić information content (AvgIpc) is 3.15. The highest BCUT2D eigenvalue weighted by atomic mass is 32.2. The third kappa shape index (κ3) is 3.94. The molecule has 5 atom stereocenters. The first-order valence-electron chi connectivity index (χ1n) is 13.4. The van der Waals surface area contributed by atoms with Crippen LogP contribution in [0.1, 0.15) is 77.2 Å². The Morgan fingerprint density at radius 2 is 1.78 bits per heavy atom. The number of hydrogen-bond acceptors (Lipinski definition) is 6. The van der Waals surface area contributed by atoms with Crippen LogP contribution in [-0.4, -0.2) is 35.7 Å². The van der Waals surface area contributed by atoms with Crippen LogP contribution in [0.3, 0.4) is 0 Å². The van der Waals surface area contributed by atoms with Crippen LogP contribution in [-0.2, 0) is 18.4 Å². The zero-order chi connectivity index (χ0) is 25.7. The Morgan fingerprint density at radius 3 is 2.42 bits per heavy atom. The maximum Gasteiger partial charge on any atom is 0.362 e. The molecule has 0 heterocycles. The number of allylic oxidation sites excluding steroid dienone is 4. The van der Waals surface area contributed by atoms with E-state index in [1.165, 1.54) is 27.2 Å². The van der Waals surface area contributed by atoms with E-state index in [0.29, 0.717) is 25.2 Å². The van der Waals surface area contributed by atoms with Gasteiger partial charge in [-0.25, -0.2) is 0 Å². The van der Waals surface area contributed by atoms with E-state index in [9.17, 15) is 14.5 Å². The van der Waals surface area contributed by atoms with Crippen molar-refractivity contribution in [2.45, 2.75) is 81.9 Å². The molecule has 4 aliphatic rings. The zero-order valence-corrected chi connectivity index (χ0v) is 23.6. The molecule has 1 aromatic rings. The van der Waals surface area contributed by atoms with Gasteiger partial charge >= 0.3 is 7.60 Å². The quantitative estimate of drug-likeness (QED) is 0.295. The highest BCUT2D eigenvalue weighted by Crippen LogP contribution is 2.77. The van der Waals surface area contributed by atoms with Gasteiger partial charge in [-0.05, 0) is 105 Å². The summed E-state index contributed by atoms with van der Waals surface area (Å²) in [4.78, 5) is 13.5. The van der Waals surface area contributed by atoms with E-state index in [-0.39, 0.29) is 30.8 Å². The minimum atomic E-state index is -3.77. The monoisotopic (exact) mass is 530 g/mol. The molecule has 2 saturated carbocycles. The maximum atomic E-state index is 14.2. The second-order valence-electron chi connectivity index (χ2n) is 11.0. The topological polar surface area (TPSA) is 72.8 Å². The third-order valence-corrected chi connectivity index (χ3v) is 13.0. The molecule has 0 unspecified atom stereocenters. The fraction of sp³-hybridized carbons (Fsp3) is 0.621. The lowest BCUT2D eigenvalue weighted by Gasteiger charge is -2.55. The Morgan fingerprint density at radius 1 is 1.08 bits per heavy atom. The molecule has 0 amide bonds. The van der Waals surface area contributed by atoms with Crippen molar-refractivity contribution in [2.75, 3.05) is 19.5 Å². The predicted molar refractivity (Wildman–Crippen MR) is 144 cm³/mol. The molecule has 0 bridgehead atoms. The first-order valence-corrected chi connectivity index (χ1v) is 16.2. The average molecular weight is 531 g/mol. The van der Waals surface area contributed by atoms with Gasteiger partial charge in [0.15, 0.2) is 11.1 Å². The van der Waals surface area contributed by atoms with E-state index < -0.39 is 18.4 Å². The number of hydrogen-bond donors (Lipinski definition) is 1. The van der Waals surface area contributed by atoms with E-state index in [0.717, 1.165) is 25.7 Å². The van der Waals surface area contributed by atoms with Gasteiger partial charge in [0.2, 0.25) is 0 Å². The van der Waals surface area contributed by atoms with Gasteiger partial charge in [0.1, 0.15) is 0 Å². The van der Waals surface area contributed by atoms with Crippen LogP contribution in [0, 0.1) is 17.3 Å². The Kier molecular flexibility index (Phi) is 7.24. The van der Waals surface area contributed by atoms with Crippen LogP contribution in [0.2, 0.25) is 0 Å². The molecule has 2 fully saturated rings. The maximum absolute atomic E-state index is 14.2. The lowest BCUT2D eigenvalue weighted by atomic mass is 9.53. The Bertz CT molecular complexity index is 1130. The van der Waals surface area contributed by atoms with Crippen molar-refractivity contribution < 1.29 is 23.5 Å². The van der Waals surface area contributed by atoms with Crippen molar-refractivity contribution in [2.24, 2.45) is 17.3 Å². The molecule has 0 spiro atoms. The number of rotatable bonds is 7. The van der Waals surface area contributed by atoms with Gasteiger partial charge in [0.25, 0.3) is 0 Å². The summed E-state index contributed by atoms with van der Waals surface area (Å²) < 4.78 is 25.8. The Hall–Kier alpha value is -1.17. The summed E-state index contributed by atoms with van der Waals surface area (Å²) in [7, 11) is -3.77. The molecule has 196 valence electrons. The molecular formula is C29H39O5PS. The second-order valence-corrected chi connectivity index (χ2v) is 14.1. The van der Waals surface area contributed by atoms with Gasteiger partial charge in [-0.2, -0.15) is 0 Å². The summed E-state index contributed by atoms with van der Waals surface area (Å²) >= 11 is 1.73. The van der Waals surface area contributed by atoms with Crippen molar-refractivity contribution in [3.05, 3.63) is 52.6 Å². The minimum absolute atomic E-state index is 0.0976. The van der Waals surface area contributed by atoms with Crippen molar-refractivity contribution in [3.63, 3.8) is 0 Å². The molecule has 5 rings (SSSR count). The SMILES string of the molecule is CCOP(=O)(OCC)[C@]1(O)CC[C@H]2[C@@H]3CCC4=CC(=O)CCC4=C3[C@@H](c3ccc(SC)cc3)C[C@@]21C. The van der Waals surface area contributed by atoms with Crippen LogP contribution < -0.4 is 0 Å². The number of fused-ring (bicyclic) bond motifs is 4. The van der Waals surface area contributed by atoms with Gasteiger partial charge in [0.05, 0.1) is 13.2 Å². The van der Waals surface area contributed by atoms with E-state index in [2.05, 4.69) is 37.4 Å². The van der Waals surface area contributed by atoms with Gasteiger partial charge in [-0.3, -0.25) is 9.36 Å². The second kappa shape index (κ2) is 9.85. The van der Waals surface area contributed by atoms with Gasteiger partial charge in [0, 0.05) is 22.6 Å². The molecule has 5 nitrogen and oxygen atoms in total. The van der Waals surface area contributed by atoms with Crippen LogP contribution in [0.25, 0.3) is 0 Å². The van der Waals surface area contributed by atoms with Gasteiger partial charge in [-0.15, -0.1) is 11.8 Å². The summed E-state index contributed by atoms with van der Waals surface area (Å²) in [6, 6.07) is 8.78. The lowest BCUT2D eigenvalue weighted by Crippen LogP contribution is -2.51. The molecule has 1 aromatic carbocycles. The highest BCUT2D eigenvalue weighted by Gasteiger charge is 2.70. The molecule has 1 N–H and O–H groups in total. The first kappa shape index (κ1) is 26.4. The Balaban J connectivity index is 1.67. The minimum Gasteiger partial charge on any atom is -0.377 e. The van der Waals surface area contributed by atoms with Crippen molar-refractivity contribution in [1.82, 2.24) is 0 Å². The molecule has 0 aromatic heterocycles. The van der Waals surface area contributed by atoms with E-state index in [1.807, 2.05) is 19.9 Å². The van der Waals surface area contributed by atoms with Crippen molar-refractivity contribution in [1.29, 1.82) is 0 Å². The van der Waals surface area contributed by atoms with Crippen molar-refractivity contribution in [3.8, 4) is 0 Å². The summed E-state index contributed by atoms with van der Waals surface area (Å²) in [6.07, 6.45) is 9.10. The number of carbonyl (C=O) groups excluding carboxylic acids is 1. The summed E-state index contributed by atoms with van der Waals surface area (Å²) in [5.74, 6) is 0.819. The highest BCUT2D eigenvalue weighted by molar-refractivity contribution is 7.98. The molecule has 0 saturated heterocycles. The van der Waals surface area contributed by atoms with E-state index in [1.54, 1.807) is 11.8 Å². The number of benzene rings is 1. The summed E-state index contributed by atoms with van der Waals surface area (Å²) in [6.45, 7) is 6.22. The predicted octanol–water partition coefficient (Wildman–Crippen LogP) is 7.26.